The zero-order valence-electron chi connectivity index (χ0n) is 11.5. The Bertz CT molecular complexity index is 501. The van der Waals surface area contributed by atoms with Crippen LogP contribution in [-0.4, -0.2) is 34.5 Å². The van der Waals surface area contributed by atoms with Crippen molar-refractivity contribution in [1.82, 2.24) is 10.3 Å². The van der Waals surface area contributed by atoms with E-state index >= 15 is 0 Å². The zero-order chi connectivity index (χ0) is 15.7. The van der Waals surface area contributed by atoms with Gasteiger partial charge in [-0.05, 0) is 25.0 Å². The third-order valence-corrected chi connectivity index (χ3v) is 2.55. The van der Waals surface area contributed by atoms with Gasteiger partial charge in [0, 0.05) is 13.0 Å². The molecule has 0 unspecified atom stereocenters. The van der Waals surface area contributed by atoms with Crippen molar-refractivity contribution in [2.75, 3.05) is 11.9 Å². The minimum absolute atomic E-state index is 0.160. The lowest BCUT2D eigenvalue weighted by molar-refractivity contribution is -0.136. The van der Waals surface area contributed by atoms with E-state index in [2.05, 4.69) is 15.6 Å². The Labute approximate surface area is 121 Å². The molecule has 0 fully saturated rings. The Balaban J connectivity index is 2.27. The molecule has 0 bridgehead atoms. The van der Waals surface area contributed by atoms with E-state index in [1.807, 2.05) is 0 Å². The molecule has 0 saturated carbocycles. The second-order valence-corrected chi connectivity index (χ2v) is 4.41. The predicted molar refractivity (Wildman–Crippen MR) is 75.6 cm³/mol. The Morgan fingerprint density at radius 2 is 2.00 bits per heavy atom. The number of nitrogens with zero attached hydrogens (tertiary/aromatic N) is 1. The van der Waals surface area contributed by atoms with Crippen molar-refractivity contribution in [3.63, 3.8) is 0 Å². The molecule has 1 rings (SSSR count). The number of hydrogen-bond donors (Lipinski definition) is 4. The molecule has 0 spiro atoms. The van der Waals surface area contributed by atoms with Gasteiger partial charge in [-0.25, -0.2) is 4.79 Å². The third kappa shape index (κ3) is 7.51. The highest BCUT2D eigenvalue weighted by Crippen LogP contribution is 2.06. The smallest absolute Gasteiger partial charge is 0.319 e. The van der Waals surface area contributed by atoms with Crippen molar-refractivity contribution in [2.45, 2.75) is 25.7 Å². The number of primary amides is 1. The summed E-state index contributed by atoms with van der Waals surface area (Å²) in [6, 6.07) is 2.73. The summed E-state index contributed by atoms with van der Waals surface area (Å²) in [6.07, 6.45) is 2.82. The molecular weight excluding hydrogens is 276 g/mol. The Hall–Kier alpha value is -2.64. The number of carbonyl (C=O) groups is 3. The fourth-order valence-electron chi connectivity index (χ4n) is 1.56. The summed E-state index contributed by atoms with van der Waals surface area (Å²) in [6.45, 7) is 0.434. The number of carbonyl (C=O) groups excluding carboxylic acids is 2. The van der Waals surface area contributed by atoms with Gasteiger partial charge in [-0.15, -0.1) is 0 Å². The number of amides is 3. The number of anilines is 1. The van der Waals surface area contributed by atoms with Gasteiger partial charge in [0.05, 0.1) is 24.0 Å². The molecular formula is C13H18N4O4. The molecule has 0 aliphatic rings. The van der Waals surface area contributed by atoms with Crippen molar-refractivity contribution in [1.29, 1.82) is 0 Å². The number of rotatable bonds is 8. The number of nitrogens with one attached hydrogen (secondary N) is 2. The van der Waals surface area contributed by atoms with Gasteiger partial charge >= 0.3 is 12.0 Å². The van der Waals surface area contributed by atoms with E-state index < -0.39 is 5.97 Å². The largest absolute Gasteiger partial charge is 0.481 e. The molecule has 0 aliphatic carbocycles. The molecule has 8 heteroatoms. The monoisotopic (exact) mass is 294 g/mol. The number of nitrogens with two attached hydrogens (primary N) is 1. The zero-order valence-corrected chi connectivity index (χ0v) is 11.5. The quantitative estimate of drug-likeness (QED) is 0.517. The minimum atomic E-state index is -0.961. The molecule has 0 saturated heterocycles. The molecule has 1 heterocycles. The summed E-state index contributed by atoms with van der Waals surface area (Å²) in [5, 5.41) is 13.8. The molecule has 0 radical (unpaired) electrons. The molecule has 114 valence electrons. The molecule has 21 heavy (non-hydrogen) atoms. The minimum Gasteiger partial charge on any atom is -0.481 e. The fourth-order valence-corrected chi connectivity index (χ4v) is 1.56. The van der Waals surface area contributed by atoms with Gasteiger partial charge < -0.3 is 21.5 Å². The maximum Gasteiger partial charge on any atom is 0.319 e. The van der Waals surface area contributed by atoms with Crippen LogP contribution >= 0.6 is 0 Å². The van der Waals surface area contributed by atoms with Crippen LogP contribution < -0.4 is 16.4 Å². The summed E-state index contributed by atoms with van der Waals surface area (Å²) in [4.78, 5) is 36.5. The van der Waals surface area contributed by atoms with E-state index in [1.165, 1.54) is 12.3 Å². The molecule has 1 aromatic rings. The van der Waals surface area contributed by atoms with Crippen LogP contribution in [0.25, 0.3) is 0 Å². The lowest BCUT2D eigenvalue weighted by Gasteiger charge is -2.07. The summed E-state index contributed by atoms with van der Waals surface area (Å²) >= 11 is 0. The molecule has 5 N–H and O–H groups in total. The SMILES string of the molecule is NC(=O)CCCCNC(=O)Nc1ccc(CC(=O)O)nc1. The summed E-state index contributed by atoms with van der Waals surface area (Å²) < 4.78 is 0. The first-order valence-electron chi connectivity index (χ1n) is 6.47. The van der Waals surface area contributed by atoms with E-state index in [-0.39, 0.29) is 18.4 Å². The van der Waals surface area contributed by atoms with Crippen LogP contribution in [0.4, 0.5) is 10.5 Å². The van der Waals surface area contributed by atoms with Gasteiger partial charge in [-0.1, -0.05) is 0 Å². The Kier molecular flexibility index (Phi) is 6.66. The number of carboxylic acid groups (broad SMARTS) is 1. The average molecular weight is 294 g/mol. The van der Waals surface area contributed by atoms with Crippen molar-refractivity contribution in [3.8, 4) is 0 Å². The first-order chi connectivity index (χ1) is 9.97. The highest BCUT2D eigenvalue weighted by atomic mass is 16.4. The molecule has 1 aromatic heterocycles. The Morgan fingerprint density at radius 1 is 1.24 bits per heavy atom. The van der Waals surface area contributed by atoms with E-state index in [0.29, 0.717) is 37.2 Å². The number of hydrogen-bond acceptors (Lipinski definition) is 4. The highest BCUT2D eigenvalue weighted by Gasteiger charge is 2.04. The van der Waals surface area contributed by atoms with E-state index in [0.717, 1.165) is 0 Å². The maximum absolute atomic E-state index is 11.5. The van der Waals surface area contributed by atoms with E-state index in [1.54, 1.807) is 6.07 Å². The standard InChI is InChI=1S/C13H18N4O4/c14-11(18)3-1-2-6-15-13(21)17-10-5-4-9(16-8-10)7-12(19)20/h4-5,8H,1-3,6-7H2,(H2,14,18)(H,19,20)(H2,15,17,21). The van der Waals surface area contributed by atoms with E-state index in [4.69, 9.17) is 10.8 Å². The van der Waals surface area contributed by atoms with Gasteiger partial charge in [0.1, 0.15) is 0 Å². The third-order valence-electron chi connectivity index (χ3n) is 2.55. The number of unbranched alkanes of at least 4 members (excludes halogenated alkanes) is 1. The predicted octanol–water partition coefficient (Wildman–Crippen LogP) is 0.486. The van der Waals surface area contributed by atoms with Crippen LogP contribution in [-0.2, 0) is 16.0 Å². The molecule has 0 aromatic carbocycles. The average Bonchev–Trinajstić information content (AvgIpc) is 2.39. The maximum atomic E-state index is 11.5. The van der Waals surface area contributed by atoms with Crippen LogP contribution in [0.2, 0.25) is 0 Å². The molecule has 8 nitrogen and oxygen atoms in total. The van der Waals surface area contributed by atoms with Crippen LogP contribution in [0.3, 0.4) is 0 Å². The van der Waals surface area contributed by atoms with Gasteiger partial charge in [-0.3, -0.25) is 14.6 Å². The van der Waals surface area contributed by atoms with Gasteiger partial charge in [-0.2, -0.15) is 0 Å². The number of aliphatic carboxylic acids is 1. The molecule has 3 amide bonds. The Morgan fingerprint density at radius 3 is 2.57 bits per heavy atom. The second kappa shape index (κ2) is 8.51. The van der Waals surface area contributed by atoms with Gasteiger partial charge in [0.15, 0.2) is 0 Å². The van der Waals surface area contributed by atoms with E-state index in [9.17, 15) is 14.4 Å². The number of urea groups is 1. The summed E-state index contributed by atoms with van der Waals surface area (Å²) in [5.41, 5.74) is 5.88. The van der Waals surface area contributed by atoms with Crippen LogP contribution in [0.1, 0.15) is 25.0 Å². The van der Waals surface area contributed by atoms with Crippen molar-refractivity contribution >= 4 is 23.6 Å². The number of pyridine rings is 1. The van der Waals surface area contributed by atoms with Gasteiger partial charge in [0.2, 0.25) is 5.91 Å². The molecule has 0 aliphatic heterocycles. The lowest BCUT2D eigenvalue weighted by atomic mass is 10.2. The van der Waals surface area contributed by atoms with Crippen LogP contribution in [0.5, 0.6) is 0 Å². The lowest BCUT2D eigenvalue weighted by Crippen LogP contribution is -2.29. The fraction of sp³-hybridized carbons (Fsp3) is 0.385. The second-order valence-electron chi connectivity index (χ2n) is 4.41. The van der Waals surface area contributed by atoms with Crippen molar-refractivity contribution < 1.29 is 19.5 Å². The highest BCUT2D eigenvalue weighted by molar-refractivity contribution is 5.89. The summed E-state index contributed by atoms with van der Waals surface area (Å²) in [7, 11) is 0. The van der Waals surface area contributed by atoms with Crippen molar-refractivity contribution in [3.05, 3.63) is 24.0 Å². The number of aromatic nitrogens is 1. The van der Waals surface area contributed by atoms with Gasteiger partial charge in [0.25, 0.3) is 0 Å². The number of carboxylic acids is 1. The van der Waals surface area contributed by atoms with Crippen LogP contribution in [0.15, 0.2) is 18.3 Å². The first-order valence-corrected chi connectivity index (χ1v) is 6.47. The normalized spacial score (nSPS) is 9.90. The summed E-state index contributed by atoms with van der Waals surface area (Å²) in [5.74, 6) is -1.32. The topological polar surface area (TPSA) is 134 Å². The van der Waals surface area contributed by atoms with Crippen molar-refractivity contribution in [2.24, 2.45) is 5.73 Å². The first kappa shape index (κ1) is 16.4. The van der Waals surface area contributed by atoms with Crippen LogP contribution in [0, 0.1) is 0 Å². The molecule has 0 atom stereocenters.